The Hall–Kier alpha value is -0.900. The van der Waals surface area contributed by atoms with Crippen LogP contribution in [0.2, 0.25) is 0 Å². The Labute approximate surface area is 115 Å². The van der Waals surface area contributed by atoms with E-state index >= 15 is 0 Å². The van der Waals surface area contributed by atoms with Crippen molar-refractivity contribution in [2.24, 2.45) is 5.92 Å². The van der Waals surface area contributed by atoms with Crippen LogP contribution in [0.3, 0.4) is 0 Å². The van der Waals surface area contributed by atoms with Gasteiger partial charge < -0.3 is 9.47 Å². The Balaban J connectivity index is 1.48. The second-order valence-corrected chi connectivity index (χ2v) is 5.71. The van der Waals surface area contributed by atoms with E-state index in [1.807, 2.05) is 0 Å². The standard InChI is InChI=1S/C16H23NO2/c1-13-2-4-14(5-3-13)12-17-8-6-15(7-9-17)16-18-10-11-19-16/h2-5,15-16H,6-12H2,1H3. The summed E-state index contributed by atoms with van der Waals surface area (Å²) in [6.07, 6.45) is 2.45. The number of hydrogen-bond donors (Lipinski definition) is 0. The van der Waals surface area contributed by atoms with E-state index < -0.39 is 0 Å². The number of ether oxygens (including phenoxy) is 2. The molecule has 0 aliphatic carbocycles. The number of hydrogen-bond acceptors (Lipinski definition) is 3. The third-order valence-corrected chi connectivity index (χ3v) is 4.19. The molecule has 0 aromatic heterocycles. The van der Waals surface area contributed by atoms with Crippen molar-refractivity contribution in [3.63, 3.8) is 0 Å². The zero-order valence-corrected chi connectivity index (χ0v) is 11.7. The molecule has 0 spiro atoms. The Morgan fingerprint density at radius 1 is 1.05 bits per heavy atom. The molecule has 2 aliphatic rings. The Kier molecular flexibility index (Phi) is 4.16. The van der Waals surface area contributed by atoms with E-state index in [2.05, 4.69) is 36.1 Å². The lowest BCUT2D eigenvalue weighted by Gasteiger charge is -2.33. The second-order valence-electron chi connectivity index (χ2n) is 5.71. The molecule has 3 rings (SSSR count). The van der Waals surface area contributed by atoms with E-state index in [0.29, 0.717) is 5.92 Å². The first-order chi connectivity index (χ1) is 9.31. The first-order valence-electron chi connectivity index (χ1n) is 7.32. The normalized spacial score (nSPS) is 23.0. The molecule has 0 saturated carbocycles. The first-order valence-corrected chi connectivity index (χ1v) is 7.32. The summed E-state index contributed by atoms with van der Waals surface area (Å²) in [5.74, 6) is 0.594. The zero-order chi connectivity index (χ0) is 13.1. The number of nitrogens with zero attached hydrogens (tertiary/aromatic N) is 1. The Morgan fingerprint density at radius 3 is 2.32 bits per heavy atom. The minimum atomic E-state index is 0.0709. The van der Waals surface area contributed by atoms with Crippen molar-refractivity contribution >= 4 is 0 Å². The number of benzene rings is 1. The van der Waals surface area contributed by atoms with E-state index in [-0.39, 0.29) is 6.29 Å². The van der Waals surface area contributed by atoms with E-state index in [4.69, 9.17) is 9.47 Å². The highest BCUT2D eigenvalue weighted by Gasteiger charge is 2.30. The maximum atomic E-state index is 5.62. The number of aryl methyl sites for hydroxylation is 1. The lowest BCUT2D eigenvalue weighted by Crippen LogP contribution is -2.37. The van der Waals surface area contributed by atoms with Crippen molar-refractivity contribution in [3.05, 3.63) is 35.4 Å². The highest BCUT2D eigenvalue weighted by atomic mass is 16.7. The third-order valence-electron chi connectivity index (χ3n) is 4.19. The van der Waals surface area contributed by atoms with Crippen molar-refractivity contribution < 1.29 is 9.47 Å². The number of piperidine rings is 1. The van der Waals surface area contributed by atoms with Gasteiger partial charge in [-0.25, -0.2) is 0 Å². The van der Waals surface area contributed by atoms with Gasteiger partial charge in [0.25, 0.3) is 0 Å². The summed E-state index contributed by atoms with van der Waals surface area (Å²) in [6.45, 7) is 7.06. The van der Waals surface area contributed by atoms with Crippen molar-refractivity contribution in [3.8, 4) is 0 Å². The fourth-order valence-corrected chi connectivity index (χ4v) is 2.98. The lowest BCUT2D eigenvalue weighted by atomic mass is 9.96. The summed E-state index contributed by atoms with van der Waals surface area (Å²) in [7, 11) is 0. The van der Waals surface area contributed by atoms with Gasteiger partial charge in [-0.15, -0.1) is 0 Å². The Bertz CT molecular complexity index is 390. The van der Waals surface area contributed by atoms with E-state index in [1.54, 1.807) is 0 Å². The van der Waals surface area contributed by atoms with Gasteiger partial charge in [0, 0.05) is 12.5 Å². The molecule has 2 aliphatic heterocycles. The van der Waals surface area contributed by atoms with Crippen LogP contribution < -0.4 is 0 Å². The molecule has 2 fully saturated rings. The number of rotatable bonds is 3. The van der Waals surface area contributed by atoms with Gasteiger partial charge in [0.05, 0.1) is 13.2 Å². The summed E-state index contributed by atoms with van der Waals surface area (Å²) < 4.78 is 11.2. The third kappa shape index (κ3) is 3.35. The quantitative estimate of drug-likeness (QED) is 0.834. The van der Waals surface area contributed by atoms with E-state index in [1.165, 1.54) is 24.0 Å². The maximum absolute atomic E-state index is 5.62. The van der Waals surface area contributed by atoms with Crippen molar-refractivity contribution in [2.45, 2.75) is 32.6 Å². The van der Waals surface area contributed by atoms with Crippen LogP contribution in [0.25, 0.3) is 0 Å². The van der Waals surface area contributed by atoms with Gasteiger partial charge >= 0.3 is 0 Å². The van der Waals surface area contributed by atoms with Crippen LogP contribution in [-0.4, -0.2) is 37.5 Å². The largest absolute Gasteiger partial charge is 0.350 e. The summed E-state index contributed by atoms with van der Waals surface area (Å²) in [5, 5.41) is 0. The van der Waals surface area contributed by atoms with Gasteiger partial charge in [0.1, 0.15) is 0 Å². The zero-order valence-electron chi connectivity index (χ0n) is 11.7. The average molecular weight is 261 g/mol. The van der Waals surface area contributed by atoms with Crippen molar-refractivity contribution in [1.29, 1.82) is 0 Å². The highest BCUT2D eigenvalue weighted by Crippen LogP contribution is 2.26. The van der Waals surface area contributed by atoms with Crippen LogP contribution in [0, 0.1) is 12.8 Å². The van der Waals surface area contributed by atoms with Crippen LogP contribution in [0.1, 0.15) is 24.0 Å². The minimum absolute atomic E-state index is 0.0709. The smallest absolute Gasteiger partial charge is 0.160 e. The maximum Gasteiger partial charge on any atom is 0.160 e. The van der Waals surface area contributed by atoms with Crippen LogP contribution in [0.5, 0.6) is 0 Å². The van der Waals surface area contributed by atoms with Crippen LogP contribution in [-0.2, 0) is 16.0 Å². The molecule has 2 heterocycles. The lowest BCUT2D eigenvalue weighted by molar-refractivity contribution is -0.0977. The minimum Gasteiger partial charge on any atom is -0.350 e. The molecule has 0 unspecified atom stereocenters. The first kappa shape index (κ1) is 13.1. The van der Waals surface area contributed by atoms with E-state index in [9.17, 15) is 0 Å². The van der Waals surface area contributed by atoms with Gasteiger partial charge in [0.15, 0.2) is 6.29 Å². The topological polar surface area (TPSA) is 21.7 Å². The summed E-state index contributed by atoms with van der Waals surface area (Å²) in [4.78, 5) is 2.54. The molecule has 0 radical (unpaired) electrons. The van der Waals surface area contributed by atoms with Crippen LogP contribution in [0.4, 0.5) is 0 Å². The molecular formula is C16H23NO2. The van der Waals surface area contributed by atoms with Crippen LogP contribution >= 0.6 is 0 Å². The van der Waals surface area contributed by atoms with Gasteiger partial charge in [0.2, 0.25) is 0 Å². The molecule has 0 bridgehead atoms. The molecule has 0 amide bonds. The average Bonchev–Trinajstić information content (AvgIpc) is 2.96. The molecule has 0 atom stereocenters. The fraction of sp³-hybridized carbons (Fsp3) is 0.625. The molecule has 3 heteroatoms. The van der Waals surface area contributed by atoms with Crippen molar-refractivity contribution in [1.82, 2.24) is 4.90 Å². The fourth-order valence-electron chi connectivity index (χ4n) is 2.98. The Morgan fingerprint density at radius 2 is 1.68 bits per heavy atom. The summed E-state index contributed by atoms with van der Waals surface area (Å²) >= 11 is 0. The monoisotopic (exact) mass is 261 g/mol. The van der Waals surface area contributed by atoms with Gasteiger partial charge in [-0.05, 0) is 38.4 Å². The molecule has 2 saturated heterocycles. The molecular weight excluding hydrogens is 238 g/mol. The SMILES string of the molecule is Cc1ccc(CN2CCC(C3OCCO3)CC2)cc1. The molecule has 0 N–H and O–H groups in total. The van der Waals surface area contributed by atoms with Gasteiger partial charge in [-0.3, -0.25) is 4.90 Å². The van der Waals surface area contributed by atoms with Gasteiger partial charge in [-0.1, -0.05) is 29.8 Å². The predicted octanol–water partition coefficient (Wildman–Crippen LogP) is 2.58. The molecule has 3 nitrogen and oxygen atoms in total. The second kappa shape index (κ2) is 6.04. The summed E-state index contributed by atoms with van der Waals surface area (Å²) in [6, 6.07) is 8.87. The highest BCUT2D eigenvalue weighted by molar-refractivity contribution is 5.21. The summed E-state index contributed by atoms with van der Waals surface area (Å²) in [5.41, 5.74) is 2.75. The molecule has 104 valence electrons. The molecule has 1 aromatic carbocycles. The predicted molar refractivity (Wildman–Crippen MR) is 74.9 cm³/mol. The van der Waals surface area contributed by atoms with Gasteiger partial charge in [-0.2, -0.15) is 0 Å². The number of likely N-dealkylation sites (tertiary alicyclic amines) is 1. The van der Waals surface area contributed by atoms with E-state index in [0.717, 1.165) is 32.8 Å². The molecule has 19 heavy (non-hydrogen) atoms. The molecule has 1 aromatic rings. The van der Waals surface area contributed by atoms with Crippen LogP contribution in [0.15, 0.2) is 24.3 Å². The van der Waals surface area contributed by atoms with Crippen molar-refractivity contribution in [2.75, 3.05) is 26.3 Å².